The Labute approximate surface area is 161 Å². The van der Waals surface area contributed by atoms with Gasteiger partial charge in [-0.25, -0.2) is 4.98 Å². The highest BCUT2D eigenvalue weighted by atomic mass is 15.4. The van der Waals surface area contributed by atoms with Gasteiger partial charge >= 0.3 is 0 Å². The molecule has 9 heteroatoms. The molecule has 2 atom stereocenters. The summed E-state index contributed by atoms with van der Waals surface area (Å²) in [6, 6.07) is 8.66. The lowest BCUT2D eigenvalue weighted by Crippen LogP contribution is -2.21. The van der Waals surface area contributed by atoms with Crippen LogP contribution in [-0.4, -0.2) is 46.8 Å². The summed E-state index contributed by atoms with van der Waals surface area (Å²) in [7, 11) is 1.91. The predicted octanol–water partition coefficient (Wildman–Crippen LogP) is 1.90. The molecule has 28 heavy (non-hydrogen) atoms. The molecule has 1 aliphatic carbocycles. The summed E-state index contributed by atoms with van der Waals surface area (Å²) in [5, 5.41) is 16.1. The first-order valence-corrected chi connectivity index (χ1v) is 9.36. The van der Waals surface area contributed by atoms with E-state index in [9.17, 15) is 0 Å². The van der Waals surface area contributed by atoms with Gasteiger partial charge in [0.2, 0.25) is 5.95 Å². The third-order valence-electron chi connectivity index (χ3n) is 5.15. The Morgan fingerprint density at radius 2 is 1.96 bits per heavy atom. The van der Waals surface area contributed by atoms with Crippen molar-refractivity contribution >= 4 is 17.1 Å². The molecule has 0 unspecified atom stereocenters. The van der Waals surface area contributed by atoms with Crippen LogP contribution in [0.5, 0.6) is 0 Å². The Hall–Kier alpha value is -3.33. The van der Waals surface area contributed by atoms with E-state index in [-0.39, 0.29) is 6.04 Å². The molecule has 142 valence electrons. The van der Waals surface area contributed by atoms with E-state index in [1.54, 1.807) is 15.6 Å². The van der Waals surface area contributed by atoms with Crippen LogP contribution in [0.1, 0.15) is 19.3 Å². The third kappa shape index (κ3) is 3.09. The van der Waals surface area contributed by atoms with Gasteiger partial charge < -0.3 is 11.1 Å². The Balaban J connectivity index is 1.44. The molecular weight excluding hydrogens is 354 g/mol. The molecule has 0 spiro atoms. The number of aromatic nitrogens is 7. The first-order valence-electron chi connectivity index (χ1n) is 9.36. The second kappa shape index (κ2) is 6.68. The fourth-order valence-corrected chi connectivity index (χ4v) is 3.67. The number of aryl methyl sites for hydroxylation is 1. The summed E-state index contributed by atoms with van der Waals surface area (Å²) in [5.41, 5.74) is 10.4. The summed E-state index contributed by atoms with van der Waals surface area (Å²) in [4.78, 5) is 9.02. The third-order valence-corrected chi connectivity index (χ3v) is 5.15. The fraction of sp³-hybridized carbons (Fsp3) is 0.316. The van der Waals surface area contributed by atoms with Gasteiger partial charge in [0.15, 0.2) is 11.2 Å². The van der Waals surface area contributed by atoms with Crippen LogP contribution in [-0.2, 0) is 7.05 Å². The fourth-order valence-electron chi connectivity index (χ4n) is 3.67. The van der Waals surface area contributed by atoms with Crippen molar-refractivity contribution in [1.29, 1.82) is 0 Å². The van der Waals surface area contributed by atoms with Crippen molar-refractivity contribution in [2.45, 2.75) is 31.3 Å². The number of hydrogen-bond donors (Lipinski definition) is 2. The number of benzene rings is 1. The van der Waals surface area contributed by atoms with E-state index in [2.05, 4.69) is 30.7 Å². The van der Waals surface area contributed by atoms with Crippen molar-refractivity contribution < 1.29 is 0 Å². The highest BCUT2D eigenvalue weighted by Gasteiger charge is 2.22. The van der Waals surface area contributed by atoms with E-state index in [4.69, 9.17) is 5.73 Å². The SMILES string of the molecule is Cn1cc(-c2ccc(-n3nnc4cnc(N[C@@H]5CC[C@H](N)C5)nc43)cc2)cn1. The molecule has 3 aromatic heterocycles. The quantitative estimate of drug-likeness (QED) is 0.560. The van der Waals surface area contributed by atoms with Gasteiger partial charge in [-0.15, -0.1) is 5.10 Å². The summed E-state index contributed by atoms with van der Waals surface area (Å²) in [5.74, 6) is 0.585. The number of nitrogens with one attached hydrogen (secondary N) is 1. The Bertz CT molecular complexity index is 1110. The minimum Gasteiger partial charge on any atom is -0.351 e. The summed E-state index contributed by atoms with van der Waals surface area (Å²) in [6.07, 6.45) is 8.54. The second-order valence-corrected chi connectivity index (χ2v) is 7.27. The lowest BCUT2D eigenvalue weighted by atomic mass is 10.1. The van der Waals surface area contributed by atoms with Crippen LogP contribution in [0.4, 0.5) is 5.95 Å². The molecule has 1 fully saturated rings. The van der Waals surface area contributed by atoms with Gasteiger partial charge in [0.25, 0.3) is 0 Å². The smallest absolute Gasteiger partial charge is 0.225 e. The lowest BCUT2D eigenvalue weighted by molar-refractivity contribution is 0.685. The van der Waals surface area contributed by atoms with Crippen LogP contribution in [0.15, 0.2) is 42.9 Å². The van der Waals surface area contributed by atoms with E-state index < -0.39 is 0 Å². The van der Waals surface area contributed by atoms with Gasteiger partial charge in [-0.1, -0.05) is 17.3 Å². The van der Waals surface area contributed by atoms with Crippen LogP contribution in [0.2, 0.25) is 0 Å². The molecule has 3 N–H and O–H groups in total. The van der Waals surface area contributed by atoms with Crippen LogP contribution >= 0.6 is 0 Å². The highest BCUT2D eigenvalue weighted by Crippen LogP contribution is 2.23. The number of hydrogen-bond acceptors (Lipinski definition) is 7. The molecule has 1 aliphatic rings. The van der Waals surface area contributed by atoms with Gasteiger partial charge in [-0.05, 0) is 37.0 Å². The topological polar surface area (TPSA) is 112 Å². The minimum atomic E-state index is 0.256. The van der Waals surface area contributed by atoms with Crippen LogP contribution in [0.25, 0.3) is 28.0 Å². The summed E-state index contributed by atoms with van der Waals surface area (Å²) in [6.45, 7) is 0. The van der Waals surface area contributed by atoms with Crippen molar-refractivity contribution in [3.63, 3.8) is 0 Å². The van der Waals surface area contributed by atoms with Crippen molar-refractivity contribution in [2.24, 2.45) is 12.8 Å². The Kier molecular flexibility index (Phi) is 4.01. The molecule has 0 amide bonds. The molecule has 1 saturated carbocycles. The zero-order valence-electron chi connectivity index (χ0n) is 15.5. The minimum absolute atomic E-state index is 0.256. The van der Waals surface area contributed by atoms with Crippen molar-refractivity contribution in [3.05, 3.63) is 42.9 Å². The van der Waals surface area contributed by atoms with Gasteiger partial charge in [0, 0.05) is 30.9 Å². The van der Waals surface area contributed by atoms with E-state index >= 15 is 0 Å². The first kappa shape index (κ1) is 16.8. The maximum absolute atomic E-state index is 6.00. The number of fused-ring (bicyclic) bond motifs is 1. The van der Waals surface area contributed by atoms with Crippen molar-refractivity contribution in [1.82, 2.24) is 34.7 Å². The van der Waals surface area contributed by atoms with Crippen LogP contribution < -0.4 is 11.1 Å². The zero-order valence-corrected chi connectivity index (χ0v) is 15.5. The van der Waals surface area contributed by atoms with Crippen molar-refractivity contribution in [2.75, 3.05) is 5.32 Å². The lowest BCUT2D eigenvalue weighted by Gasteiger charge is -2.12. The van der Waals surface area contributed by atoms with Crippen LogP contribution in [0, 0.1) is 0 Å². The number of nitrogens with zero attached hydrogens (tertiary/aromatic N) is 7. The van der Waals surface area contributed by atoms with E-state index in [1.165, 1.54) is 0 Å². The standard InChI is InChI=1S/C19H21N9/c1-27-11-13(9-22-27)12-2-6-16(7-3-12)28-18-17(25-26-28)10-21-19(24-18)23-15-5-4-14(20)8-15/h2-3,6-7,9-11,14-15H,4-5,8,20H2,1H3,(H,21,23,24)/t14-,15+/m0/s1. The molecule has 0 bridgehead atoms. The molecular formula is C19H21N9. The van der Waals surface area contributed by atoms with E-state index in [0.717, 1.165) is 36.1 Å². The molecule has 4 aromatic rings. The second-order valence-electron chi connectivity index (χ2n) is 7.27. The summed E-state index contributed by atoms with van der Waals surface area (Å²) < 4.78 is 3.52. The van der Waals surface area contributed by atoms with E-state index in [1.807, 2.05) is 43.7 Å². The van der Waals surface area contributed by atoms with Gasteiger partial charge in [0.1, 0.15) is 0 Å². The molecule has 0 saturated heterocycles. The highest BCUT2D eigenvalue weighted by molar-refractivity contribution is 5.72. The number of nitrogens with two attached hydrogens (primary N) is 1. The van der Waals surface area contributed by atoms with E-state index in [0.29, 0.717) is 23.2 Å². The average Bonchev–Trinajstić information content (AvgIpc) is 3.42. The summed E-state index contributed by atoms with van der Waals surface area (Å²) >= 11 is 0. The molecule has 9 nitrogen and oxygen atoms in total. The number of anilines is 1. The van der Waals surface area contributed by atoms with Crippen LogP contribution in [0.3, 0.4) is 0 Å². The first-order chi connectivity index (χ1) is 13.7. The largest absolute Gasteiger partial charge is 0.351 e. The zero-order chi connectivity index (χ0) is 19.1. The van der Waals surface area contributed by atoms with Gasteiger partial charge in [-0.2, -0.15) is 14.8 Å². The Morgan fingerprint density at radius 3 is 2.68 bits per heavy atom. The molecule has 3 heterocycles. The molecule has 5 rings (SSSR count). The molecule has 0 aliphatic heterocycles. The monoisotopic (exact) mass is 375 g/mol. The number of rotatable bonds is 4. The maximum atomic E-state index is 6.00. The predicted molar refractivity (Wildman–Crippen MR) is 106 cm³/mol. The normalized spacial score (nSPS) is 19.4. The maximum Gasteiger partial charge on any atom is 0.225 e. The van der Waals surface area contributed by atoms with Gasteiger partial charge in [-0.3, -0.25) is 4.68 Å². The molecule has 1 aromatic carbocycles. The van der Waals surface area contributed by atoms with Gasteiger partial charge in [0.05, 0.1) is 18.1 Å². The van der Waals surface area contributed by atoms with Crippen molar-refractivity contribution in [3.8, 4) is 16.8 Å². The average molecular weight is 375 g/mol. The Morgan fingerprint density at radius 1 is 1.11 bits per heavy atom. The molecule has 0 radical (unpaired) electrons.